The molecular weight excluding hydrogens is 299 g/mol. The lowest BCUT2D eigenvalue weighted by Gasteiger charge is -2.02. The molecule has 1 aliphatic carbocycles. The Bertz CT molecular complexity index is 133. The van der Waals surface area contributed by atoms with Crippen molar-refractivity contribution >= 4 is 44.5 Å². The van der Waals surface area contributed by atoms with Gasteiger partial charge in [-0.1, -0.05) is 15.9 Å². The van der Waals surface area contributed by atoms with Gasteiger partial charge in [0.2, 0.25) is 0 Å². The van der Waals surface area contributed by atoms with Gasteiger partial charge in [-0.3, -0.25) is 4.79 Å². The summed E-state index contributed by atoms with van der Waals surface area (Å²) in [6, 6.07) is 0. The van der Waals surface area contributed by atoms with Gasteiger partial charge in [-0.15, -0.1) is 0 Å². The highest BCUT2D eigenvalue weighted by atomic mass is 127. The van der Waals surface area contributed by atoms with Gasteiger partial charge in [-0.2, -0.15) is 0 Å². The van der Waals surface area contributed by atoms with Crippen LogP contribution in [0.1, 0.15) is 12.8 Å². The van der Waals surface area contributed by atoms with E-state index in [1.807, 2.05) is 22.6 Å². The molecular formula is C5H6BrIO2. The Morgan fingerprint density at radius 2 is 2.33 bits per heavy atom. The van der Waals surface area contributed by atoms with Crippen LogP contribution in [0, 0.1) is 0 Å². The predicted octanol–water partition coefficient (Wildman–Crippen LogP) is 1.85. The molecule has 0 bridgehead atoms. The van der Waals surface area contributed by atoms with Gasteiger partial charge in [0.05, 0.1) is 0 Å². The number of carbonyl (C=O) groups is 1. The van der Waals surface area contributed by atoms with Crippen molar-refractivity contribution in [2.45, 2.75) is 17.2 Å². The second kappa shape index (κ2) is 2.74. The Kier molecular flexibility index (Phi) is 2.37. The van der Waals surface area contributed by atoms with E-state index in [0.717, 1.165) is 12.8 Å². The molecule has 0 aromatic rings. The van der Waals surface area contributed by atoms with Crippen LogP contribution in [0.25, 0.3) is 0 Å². The first-order valence-corrected chi connectivity index (χ1v) is 4.93. The largest absolute Gasteiger partial charge is 0.454 e. The average molecular weight is 305 g/mol. The summed E-state index contributed by atoms with van der Waals surface area (Å²) in [5, 5.41) is 0. The van der Waals surface area contributed by atoms with Crippen molar-refractivity contribution in [3.8, 4) is 0 Å². The highest BCUT2D eigenvalue weighted by Gasteiger charge is 2.48. The van der Waals surface area contributed by atoms with Crippen LogP contribution in [-0.4, -0.2) is 14.9 Å². The normalized spacial score (nSPS) is 21.1. The van der Waals surface area contributed by atoms with Crippen molar-refractivity contribution in [1.29, 1.82) is 0 Å². The third kappa shape index (κ3) is 1.80. The van der Waals surface area contributed by atoms with E-state index in [2.05, 4.69) is 15.9 Å². The van der Waals surface area contributed by atoms with Gasteiger partial charge in [-0.25, -0.2) is 0 Å². The van der Waals surface area contributed by atoms with Gasteiger partial charge in [0.1, 0.15) is 8.94 Å². The van der Waals surface area contributed by atoms with Gasteiger partial charge >= 0.3 is 5.97 Å². The Morgan fingerprint density at radius 3 is 2.67 bits per heavy atom. The maximum Gasteiger partial charge on any atom is 0.323 e. The summed E-state index contributed by atoms with van der Waals surface area (Å²) >= 11 is 5.28. The number of hydrogen-bond acceptors (Lipinski definition) is 2. The fourth-order valence-corrected chi connectivity index (χ4v) is 1.09. The number of hydrogen-bond donors (Lipinski definition) is 0. The van der Waals surface area contributed by atoms with E-state index in [1.165, 1.54) is 0 Å². The van der Waals surface area contributed by atoms with Crippen LogP contribution in [0.5, 0.6) is 0 Å². The molecule has 0 unspecified atom stereocenters. The summed E-state index contributed by atoms with van der Waals surface area (Å²) < 4.78 is 4.92. The van der Waals surface area contributed by atoms with Gasteiger partial charge in [0.15, 0.2) is 0 Å². The van der Waals surface area contributed by atoms with E-state index in [1.54, 1.807) is 0 Å². The molecule has 0 radical (unpaired) electrons. The molecule has 0 saturated heterocycles. The molecule has 0 aromatic carbocycles. The number of alkyl halides is 2. The van der Waals surface area contributed by atoms with Crippen LogP contribution in [0.4, 0.5) is 0 Å². The third-order valence-electron chi connectivity index (χ3n) is 1.24. The topological polar surface area (TPSA) is 26.3 Å². The molecule has 1 fully saturated rings. The van der Waals surface area contributed by atoms with E-state index in [-0.39, 0.29) is 10.3 Å². The lowest BCUT2D eigenvalue weighted by molar-refractivity contribution is -0.141. The van der Waals surface area contributed by atoms with E-state index in [0.29, 0.717) is 4.61 Å². The monoisotopic (exact) mass is 304 g/mol. The standard InChI is InChI=1S/C5H6BrIO2/c6-5(1-2-5)4(8)9-3-7/h1-3H2. The van der Waals surface area contributed by atoms with Crippen LogP contribution in [0.3, 0.4) is 0 Å². The molecule has 1 rings (SSSR count). The fraction of sp³-hybridized carbons (Fsp3) is 0.800. The van der Waals surface area contributed by atoms with Crippen molar-refractivity contribution in [3.05, 3.63) is 0 Å². The molecule has 0 heterocycles. The molecule has 1 saturated carbocycles. The Hall–Kier alpha value is 0.680. The minimum atomic E-state index is -0.293. The maximum atomic E-state index is 10.9. The molecule has 4 heteroatoms. The summed E-state index contributed by atoms with van der Waals surface area (Å²) in [6.45, 7) is 0. The zero-order valence-electron chi connectivity index (χ0n) is 4.69. The van der Waals surface area contributed by atoms with Crippen LogP contribution in [0.15, 0.2) is 0 Å². The van der Waals surface area contributed by atoms with Gasteiger partial charge in [0, 0.05) is 0 Å². The Morgan fingerprint density at radius 1 is 1.78 bits per heavy atom. The van der Waals surface area contributed by atoms with Crippen LogP contribution in [0.2, 0.25) is 0 Å². The molecule has 1 aliphatic rings. The molecule has 0 amide bonds. The van der Waals surface area contributed by atoms with Crippen LogP contribution < -0.4 is 0 Å². The third-order valence-corrected chi connectivity index (χ3v) is 2.67. The molecule has 0 aromatic heterocycles. The van der Waals surface area contributed by atoms with Crippen LogP contribution in [-0.2, 0) is 9.53 Å². The predicted molar refractivity (Wildman–Crippen MR) is 45.9 cm³/mol. The first-order chi connectivity index (χ1) is 4.19. The summed E-state index contributed by atoms with van der Waals surface area (Å²) in [5.74, 6) is -0.114. The van der Waals surface area contributed by atoms with E-state index < -0.39 is 0 Å². The second-order valence-electron chi connectivity index (χ2n) is 2.01. The summed E-state index contributed by atoms with van der Waals surface area (Å²) in [7, 11) is 0. The number of halogens is 2. The lowest BCUT2D eigenvalue weighted by atomic mass is 10.4. The lowest BCUT2D eigenvalue weighted by Crippen LogP contribution is -2.17. The van der Waals surface area contributed by atoms with Crippen molar-refractivity contribution in [3.63, 3.8) is 0 Å². The Balaban J connectivity index is 2.34. The van der Waals surface area contributed by atoms with E-state index >= 15 is 0 Å². The van der Waals surface area contributed by atoms with E-state index in [4.69, 9.17) is 4.74 Å². The smallest absolute Gasteiger partial charge is 0.323 e. The summed E-state index contributed by atoms with van der Waals surface area (Å²) in [4.78, 5) is 10.9. The summed E-state index contributed by atoms with van der Waals surface area (Å²) in [6.07, 6.45) is 1.84. The summed E-state index contributed by atoms with van der Waals surface area (Å²) in [5.41, 5.74) is 0. The molecule has 2 nitrogen and oxygen atoms in total. The number of rotatable bonds is 2. The van der Waals surface area contributed by atoms with Gasteiger partial charge in [0.25, 0.3) is 0 Å². The molecule has 0 N–H and O–H groups in total. The fourth-order valence-electron chi connectivity index (χ4n) is 0.493. The highest BCUT2D eigenvalue weighted by molar-refractivity contribution is 14.1. The minimum Gasteiger partial charge on any atom is -0.454 e. The first-order valence-electron chi connectivity index (χ1n) is 2.61. The Labute approximate surface area is 75.6 Å². The second-order valence-corrected chi connectivity index (χ2v) is 4.15. The minimum absolute atomic E-state index is 0.114. The van der Waals surface area contributed by atoms with E-state index in [9.17, 15) is 4.79 Å². The molecule has 9 heavy (non-hydrogen) atoms. The SMILES string of the molecule is O=C(OCI)C1(Br)CC1. The van der Waals surface area contributed by atoms with Crippen LogP contribution >= 0.6 is 38.5 Å². The van der Waals surface area contributed by atoms with Gasteiger partial charge < -0.3 is 4.74 Å². The zero-order valence-corrected chi connectivity index (χ0v) is 8.44. The van der Waals surface area contributed by atoms with Crippen molar-refractivity contribution in [1.82, 2.24) is 0 Å². The number of carbonyl (C=O) groups excluding carboxylic acids is 1. The van der Waals surface area contributed by atoms with Crippen molar-refractivity contribution < 1.29 is 9.53 Å². The molecule has 0 atom stereocenters. The zero-order chi connectivity index (χ0) is 6.91. The molecule has 0 spiro atoms. The average Bonchev–Trinajstić information content (AvgIpc) is 2.50. The molecule has 52 valence electrons. The van der Waals surface area contributed by atoms with Crippen molar-refractivity contribution in [2.24, 2.45) is 0 Å². The van der Waals surface area contributed by atoms with Crippen molar-refractivity contribution in [2.75, 3.05) is 4.61 Å². The highest BCUT2D eigenvalue weighted by Crippen LogP contribution is 2.45. The number of esters is 1. The first kappa shape index (κ1) is 7.78. The molecule has 0 aliphatic heterocycles. The van der Waals surface area contributed by atoms with Gasteiger partial charge in [-0.05, 0) is 35.4 Å². The number of ether oxygens (including phenoxy) is 1. The maximum absolute atomic E-state index is 10.9. The quantitative estimate of drug-likeness (QED) is 0.442.